The molecule has 0 bridgehead atoms. The average molecular weight is 259 g/mol. The first kappa shape index (κ1) is 12.3. The topological polar surface area (TPSA) is 60.2 Å². The summed E-state index contributed by atoms with van der Waals surface area (Å²) in [4.78, 5) is 4.59. The van der Waals surface area contributed by atoms with Gasteiger partial charge in [0.15, 0.2) is 0 Å². The van der Waals surface area contributed by atoms with Crippen molar-refractivity contribution >= 4 is 28.7 Å². The molecule has 0 spiro atoms. The monoisotopic (exact) mass is 259 g/mol. The smallest absolute Gasteiger partial charge is 0.131 e. The van der Waals surface area contributed by atoms with Crippen molar-refractivity contribution in [2.45, 2.75) is 0 Å². The van der Waals surface area contributed by atoms with Crippen molar-refractivity contribution in [2.24, 2.45) is 5.73 Å². The first-order chi connectivity index (χ1) is 8.69. The van der Waals surface area contributed by atoms with E-state index in [1.54, 1.807) is 13.2 Å². The zero-order valence-corrected chi connectivity index (χ0v) is 10.7. The number of nitrogens with one attached hydrogen (secondary N) is 1. The highest BCUT2D eigenvalue weighted by molar-refractivity contribution is 7.80. The largest absolute Gasteiger partial charge is 0.497 e. The Balaban J connectivity index is 2.22. The molecule has 0 saturated carbocycles. The SMILES string of the molecule is COc1cccc(Nc2cccc(C(N)=S)n2)c1. The maximum Gasteiger partial charge on any atom is 0.131 e. The molecule has 0 fully saturated rings. The van der Waals surface area contributed by atoms with Gasteiger partial charge >= 0.3 is 0 Å². The first-order valence-electron chi connectivity index (χ1n) is 5.37. The molecule has 0 aliphatic heterocycles. The normalized spacial score (nSPS) is 9.83. The van der Waals surface area contributed by atoms with E-state index >= 15 is 0 Å². The number of nitrogens with zero attached hydrogens (tertiary/aromatic N) is 1. The van der Waals surface area contributed by atoms with Gasteiger partial charge in [0.05, 0.1) is 12.8 Å². The number of thiocarbonyl (C=S) groups is 1. The molecule has 2 aromatic rings. The van der Waals surface area contributed by atoms with Crippen LogP contribution in [-0.2, 0) is 0 Å². The number of anilines is 2. The molecular formula is C13H13N3OS. The summed E-state index contributed by atoms with van der Waals surface area (Å²) in [5.74, 6) is 1.47. The Labute approximate surface area is 111 Å². The van der Waals surface area contributed by atoms with Crippen LogP contribution in [0.25, 0.3) is 0 Å². The molecule has 0 amide bonds. The van der Waals surface area contributed by atoms with Crippen LogP contribution < -0.4 is 15.8 Å². The molecule has 0 saturated heterocycles. The lowest BCUT2D eigenvalue weighted by molar-refractivity contribution is 0.415. The van der Waals surface area contributed by atoms with Crippen LogP contribution in [-0.4, -0.2) is 17.1 Å². The molecule has 1 heterocycles. The highest BCUT2D eigenvalue weighted by Crippen LogP contribution is 2.20. The highest BCUT2D eigenvalue weighted by atomic mass is 32.1. The van der Waals surface area contributed by atoms with Crippen molar-refractivity contribution in [1.82, 2.24) is 4.98 Å². The Bertz CT molecular complexity index is 572. The summed E-state index contributed by atoms with van der Waals surface area (Å²) >= 11 is 4.89. The van der Waals surface area contributed by atoms with E-state index in [4.69, 9.17) is 22.7 Å². The number of aromatic nitrogens is 1. The van der Waals surface area contributed by atoms with Crippen molar-refractivity contribution in [3.63, 3.8) is 0 Å². The third-order valence-electron chi connectivity index (χ3n) is 2.34. The number of benzene rings is 1. The molecular weight excluding hydrogens is 246 g/mol. The van der Waals surface area contributed by atoms with Gasteiger partial charge in [-0.15, -0.1) is 0 Å². The molecule has 0 radical (unpaired) electrons. The van der Waals surface area contributed by atoms with E-state index in [0.29, 0.717) is 11.5 Å². The fraction of sp³-hybridized carbons (Fsp3) is 0.0769. The van der Waals surface area contributed by atoms with Crippen LogP contribution in [0.15, 0.2) is 42.5 Å². The highest BCUT2D eigenvalue weighted by Gasteiger charge is 2.01. The number of rotatable bonds is 4. The fourth-order valence-electron chi connectivity index (χ4n) is 1.49. The van der Waals surface area contributed by atoms with Crippen LogP contribution in [0.2, 0.25) is 0 Å². The summed E-state index contributed by atoms with van der Waals surface area (Å²) in [6, 6.07) is 13.1. The van der Waals surface area contributed by atoms with Crippen LogP contribution in [0.4, 0.5) is 11.5 Å². The molecule has 92 valence electrons. The van der Waals surface area contributed by atoms with E-state index in [1.807, 2.05) is 36.4 Å². The van der Waals surface area contributed by atoms with Crippen molar-refractivity contribution in [3.8, 4) is 5.75 Å². The van der Waals surface area contributed by atoms with E-state index in [-0.39, 0.29) is 4.99 Å². The van der Waals surface area contributed by atoms with Crippen LogP contribution in [0.1, 0.15) is 5.69 Å². The molecule has 0 atom stereocenters. The van der Waals surface area contributed by atoms with E-state index < -0.39 is 0 Å². The second kappa shape index (κ2) is 5.46. The van der Waals surface area contributed by atoms with Gasteiger partial charge < -0.3 is 15.8 Å². The average Bonchev–Trinajstić information content (AvgIpc) is 2.39. The summed E-state index contributed by atoms with van der Waals surface area (Å²) in [6.07, 6.45) is 0. The second-order valence-corrected chi connectivity index (χ2v) is 4.07. The number of hydrogen-bond donors (Lipinski definition) is 2. The van der Waals surface area contributed by atoms with Crippen molar-refractivity contribution in [2.75, 3.05) is 12.4 Å². The number of nitrogens with two attached hydrogens (primary N) is 1. The van der Waals surface area contributed by atoms with Gasteiger partial charge in [0.2, 0.25) is 0 Å². The summed E-state index contributed by atoms with van der Waals surface area (Å²) in [5.41, 5.74) is 7.03. The maximum atomic E-state index is 5.54. The van der Waals surface area contributed by atoms with E-state index in [2.05, 4.69) is 10.3 Å². The number of hydrogen-bond acceptors (Lipinski definition) is 4. The Morgan fingerprint density at radius 1 is 1.28 bits per heavy atom. The number of methoxy groups -OCH3 is 1. The van der Waals surface area contributed by atoms with Crippen molar-refractivity contribution in [3.05, 3.63) is 48.2 Å². The number of pyridine rings is 1. The molecule has 5 heteroatoms. The minimum atomic E-state index is 0.282. The molecule has 1 aromatic heterocycles. The zero-order valence-electron chi connectivity index (χ0n) is 9.88. The molecule has 0 unspecified atom stereocenters. The lowest BCUT2D eigenvalue weighted by Crippen LogP contribution is -2.12. The minimum absolute atomic E-state index is 0.282. The van der Waals surface area contributed by atoms with Gasteiger partial charge in [-0.1, -0.05) is 24.4 Å². The van der Waals surface area contributed by atoms with E-state index in [0.717, 1.165) is 11.4 Å². The number of ether oxygens (including phenoxy) is 1. The van der Waals surface area contributed by atoms with Crippen LogP contribution in [0.5, 0.6) is 5.75 Å². The van der Waals surface area contributed by atoms with Gasteiger partial charge in [-0.25, -0.2) is 4.98 Å². The Kier molecular flexibility index (Phi) is 3.74. The van der Waals surface area contributed by atoms with Crippen molar-refractivity contribution < 1.29 is 4.74 Å². The molecule has 4 nitrogen and oxygen atoms in total. The molecule has 0 aliphatic carbocycles. The van der Waals surface area contributed by atoms with Gasteiger partial charge in [0, 0.05) is 11.8 Å². The Morgan fingerprint density at radius 2 is 2.06 bits per heavy atom. The molecule has 1 aromatic carbocycles. The van der Waals surface area contributed by atoms with Crippen LogP contribution >= 0.6 is 12.2 Å². The molecule has 18 heavy (non-hydrogen) atoms. The van der Waals surface area contributed by atoms with E-state index in [9.17, 15) is 0 Å². The van der Waals surface area contributed by atoms with Gasteiger partial charge in [-0.3, -0.25) is 0 Å². The second-order valence-electron chi connectivity index (χ2n) is 3.63. The minimum Gasteiger partial charge on any atom is -0.497 e. The van der Waals surface area contributed by atoms with Gasteiger partial charge in [0.1, 0.15) is 16.6 Å². The quantitative estimate of drug-likeness (QED) is 0.826. The van der Waals surface area contributed by atoms with Crippen LogP contribution in [0, 0.1) is 0 Å². The predicted molar refractivity (Wildman–Crippen MR) is 76.4 cm³/mol. The zero-order chi connectivity index (χ0) is 13.0. The van der Waals surface area contributed by atoms with Gasteiger partial charge in [-0.2, -0.15) is 0 Å². The predicted octanol–water partition coefficient (Wildman–Crippen LogP) is 2.47. The van der Waals surface area contributed by atoms with Crippen molar-refractivity contribution in [1.29, 1.82) is 0 Å². The molecule has 3 N–H and O–H groups in total. The Hall–Kier alpha value is -2.14. The summed E-state index contributed by atoms with van der Waals surface area (Å²) in [6.45, 7) is 0. The third kappa shape index (κ3) is 2.95. The van der Waals surface area contributed by atoms with Gasteiger partial charge in [0.25, 0.3) is 0 Å². The van der Waals surface area contributed by atoms with Crippen LogP contribution in [0.3, 0.4) is 0 Å². The molecule has 0 aliphatic rings. The molecule has 2 rings (SSSR count). The third-order valence-corrected chi connectivity index (χ3v) is 2.55. The maximum absolute atomic E-state index is 5.54. The lowest BCUT2D eigenvalue weighted by Gasteiger charge is -2.08. The summed E-state index contributed by atoms with van der Waals surface area (Å²) < 4.78 is 5.15. The first-order valence-corrected chi connectivity index (χ1v) is 5.78. The fourth-order valence-corrected chi connectivity index (χ4v) is 1.60. The standard InChI is InChI=1S/C13H13N3OS/c1-17-10-5-2-4-9(8-10)15-12-7-3-6-11(16-12)13(14)18/h2-8H,1H3,(H2,14,18)(H,15,16). The lowest BCUT2D eigenvalue weighted by atomic mass is 10.3. The Morgan fingerprint density at radius 3 is 2.78 bits per heavy atom. The van der Waals surface area contributed by atoms with Gasteiger partial charge in [-0.05, 0) is 24.3 Å². The summed E-state index contributed by atoms with van der Waals surface area (Å²) in [5, 5.41) is 3.17. The summed E-state index contributed by atoms with van der Waals surface area (Å²) in [7, 11) is 1.63. The van der Waals surface area contributed by atoms with E-state index in [1.165, 1.54) is 0 Å².